The van der Waals surface area contributed by atoms with Crippen molar-refractivity contribution >= 4 is 21.4 Å². The van der Waals surface area contributed by atoms with Gasteiger partial charge in [0.25, 0.3) is 0 Å². The highest BCUT2D eigenvalue weighted by molar-refractivity contribution is 7.17. The second-order valence-corrected chi connectivity index (χ2v) is 5.59. The largest absolute Gasteiger partial charge is 0.329 e. The maximum Gasteiger partial charge on any atom is 0.0346 e. The number of unbranched alkanes of at least 4 members (excludes halogenated alkanes) is 1. The molecule has 18 heavy (non-hydrogen) atoms. The van der Waals surface area contributed by atoms with Crippen LogP contribution in [0.3, 0.4) is 0 Å². The summed E-state index contributed by atoms with van der Waals surface area (Å²) in [4.78, 5) is 2.47. The van der Waals surface area contributed by atoms with E-state index in [1.807, 2.05) is 11.3 Å². The standard InChI is InChI=1S/C15H22N2S/c1-2-3-9-17(10-8-16)11-13-12-18-15-7-5-4-6-14(13)15/h4-7,12H,2-3,8-11,16H2,1H3. The summed E-state index contributed by atoms with van der Waals surface area (Å²) in [7, 11) is 0. The molecule has 0 atom stereocenters. The number of nitrogens with zero attached hydrogens (tertiary/aromatic N) is 1. The molecule has 2 N–H and O–H groups in total. The first-order valence-corrected chi connectivity index (χ1v) is 7.60. The lowest BCUT2D eigenvalue weighted by molar-refractivity contribution is 0.270. The molecule has 1 aromatic carbocycles. The second-order valence-electron chi connectivity index (χ2n) is 4.68. The number of hydrogen-bond donors (Lipinski definition) is 1. The van der Waals surface area contributed by atoms with E-state index in [2.05, 4.69) is 41.5 Å². The van der Waals surface area contributed by atoms with Crippen molar-refractivity contribution in [2.45, 2.75) is 26.3 Å². The molecule has 3 heteroatoms. The smallest absolute Gasteiger partial charge is 0.0346 e. The Hall–Kier alpha value is -0.900. The molecule has 98 valence electrons. The van der Waals surface area contributed by atoms with E-state index in [4.69, 9.17) is 5.73 Å². The summed E-state index contributed by atoms with van der Waals surface area (Å²) >= 11 is 1.84. The molecule has 0 amide bonds. The molecule has 0 aliphatic carbocycles. The van der Waals surface area contributed by atoms with Gasteiger partial charge in [0.15, 0.2) is 0 Å². The normalized spacial score (nSPS) is 11.5. The highest BCUT2D eigenvalue weighted by Crippen LogP contribution is 2.26. The van der Waals surface area contributed by atoms with Crippen LogP contribution in [0.5, 0.6) is 0 Å². The molecule has 0 fully saturated rings. The average Bonchev–Trinajstić information content (AvgIpc) is 2.80. The van der Waals surface area contributed by atoms with Gasteiger partial charge in [-0.05, 0) is 35.4 Å². The number of benzene rings is 1. The molecule has 0 saturated heterocycles. The minimum atomic E-state index is 0.742. The van der Waals surface area contributed by atoms with E-state index in [0.717, 1.165) is 26.2 Å². The van der Waals surface area contributed by atoms with Gasteiger partial charge in [0, 0.05) is 24.3 Å². The molecule has 1 heterocycles. The van der Waals surface area contributed by atoms with Gasteiger partial charge in [-0.3, -0.25) is 4.90 Å². The summed E-state index contributed by atoms with van der Waals surface area (Å²) in [6.45, 7) is 6.15. The van der Waals surface area contributed by atoms with Crippen LogP contribution >= 0.6 is 11.3 Å². The lowest BCUT2D eigenvalue weighted by Crippen LogP contribution is -2.29. The van der Waals surface area contributed by atoms with Crippen molar-refractivity contribution in [2.75, 3.05) is 19.6 Å². The van der Waals surface area contributed by atoms with E-state index >= 15 is 0 Å². The third-order valence-corrected chi connectivity index (χ3v) is 4.24. The Kier molecular flexibility index (Phi) is 5.17. The minimum Gasteiger partial charge on any atom is -0.329 e. The van der Waals surface area contributed by atoms with E-state index in [9.17, 15) is 0 Å². The Morgan fingerprint density at radius 2 is 2.06 bits per heavy atom. The van der Waals surface area contributed by atoms with Crippen LogP contribution < -0.4 is 5.73 Å². The lowest BCUT2D eigenvalue weighted by atomic mass is 10.1. The van der Waals surface area contributed by atoms with Crippen LogP contribution in [0.1, 0.15) is 25.3 Å². The third kappa shape index (κ3) is 3.31. The number of rotatable bonds is 7. The van der Waals surface area contributed by atoms with Crippen molar-refractivity contribution in [3.63, 3.8) is 0 Å². The fourth-order valence-corrected chi connectivity index (χ4v) is 3.18. The van der Waals surface area contributed by atoms with Crippen molar-refractivity contribution in [3.05, 3.63) is 35.2 Å². The van der Waals surface area contributed by atoms with Crippen LogP contribution in [-0.2, 0) is 6.54 Å². The molecule has 2 rings (SSSR count). The van der Waals surface area contributed by atoms with Crippen molar-refractivity contribution in [1.29, 1.82) is 0 Å². The van der Waals surface area contributed by atoms with E-state index < -0.39 is 0 Å². The number of fused-ring (bicyclic) bond motifs is 1. The minimum absolute atomic E-state index is 0.742. The van der Waals surface area contributed by atoms with Crippen molar-refractivity contribution in [1.82, 2.24) is 4.90 Å². The molecule has 2 nitrogen and oxygen atoms in total. The summed E-state index contributed by atoms with van der Waals surface area (Å²) in [6.07, 6.45) is 2.49. The second kappa shape index (κ2) is 6.88. The molecule has 0 saturated carbocycles. The zero-order chi connectivity index (χ0) is 12.8. The maximum atomic E-state index is 5.70. The summed E-state index contributed by atoms with van der Waals surface area (Å²) in [5.41, 5.74) is 7.15. The van der Waals surface area contributed by atoms with Gasteiger partial charge in [-0.25, -0.2) is 0 Å². The zero-order valence-electron chi connectivity index (χ0n) is 11.1. The van der Waals surface area contributed by atoms with E-state index in [1.54, 1.807) is 0 Å². The highest BCUT2D eigenvalue weighted by atomic mass is 32.1. The Morgan fingerprint density at radius 3 is 2.83 bits per heavy atom. The van der Waals surface area contributed by atoms with Gasteiger partial charge in [0.2, 0.25) is 0 Å². The summed E-state index contributed by atoms with van der Waals surface area (Å²) in [5.74, 6) is 0. The monoisotopic (exact) mass is 262 g/mol. The molecular formula is C15H22N2S. The topological polar surface area (TPSA) is 29.3 Å². The van der Waals surface area contributed by atoms with Crippen molar-refractivity contribution < 1.29 is 0 Å². The van der Waals surface area contributed by atoms with E-state index in [0.29, 0.717) is 0 Å². The van der Waals surface area contributed by atoms with Crippen molar-refractivity contribution in [2.24, 2.45) is 5.73 Å². The van der Waals surface area contributed by atoms with Crippen LogP contribution in [0, 0.1) is 0 Å². The molecule has 0 radical (unpaired) electrons. The maximum absolute atomic E-state index is 5.70. The van der Waals surface area contributed by atoms with Gasteiger partial charge < -0.3 is 5.73 Å². The molecule has 0 spiro atoms. The molecule has 0 unspecified atom stereocenters. The Balaban J connectivity index is 2.10. The van der Waals surface area contributed by atoms with Gasteiger partial charge in [0.05, 0.1) is 0 Å². The summed E-state index contributed by atoms with van der Waals surface area (Å²) in [5, 5.41) is 3.70. The molecule has 0 bridgehead atoms. The third-order valence-electron chi connectivity index (χ3n) is 3.23. The molecule has 2 aromatic rings. The molecule has 0 aliphatic rings. The first-order valence-electron chi connectivity index (χ1n) is 6.72. The Morgan fingerprint density at radius 1 is 1.22 bits per heavy atom. The predicted molar refractivity (Wildman–Crippen MR) is 81.1 cm³/mol. The first kappa shape index (κ1) is 13.5. The fourth-order valence-electron chi connectivity index (χ4n) is 2.23. The average molecular weight is 262 g/mol. The van der Waals surface area contributed by atoms with E-state index in [1.165, 1.54) is 28.5 Å². The van der Waals surface area contributed by atoms with Gasteiger partial charge in [-0.15, -0.1) is 11.3 Å². The molecule has 0 aliphatic heterocycles. The van der Waals surface area contributed by atoms with Crippen molar-refractivity contribution in [3.8, 4) is 0 Å². The summed E-state index contributed by atoms with van der Waals surface area (Å²) in [6, 6.07) is 8.65. The molecule has 1 aromatic heterocycles. The Bertz CT molecular complexity index is 478. The quantitative estimate of drug-likeness (QED) is 0.828. The fraction of sp³-hybridized carbons (Fsp3) is 0.467. The first-order chi connectivity index (χ1) is 8.85. The highest BCUT2D eigenvalue weighted by Gasteiger charge is 2.08. The predicted octanol–water partition coefficient (Wildman–Crippen LogP) is 3.46. The number of nitrogens with two attached hydrogens (primary N) is 1. The lowest BCUT2D eigenvalue weighted by Gasteiger charge is -2.21. The van der Waals surface area contributed by atoms with Gasteiger partial charge in [0.1, 0.15) is 0 Å². The molecular weight excluding hydrogens is 240 g/mol. The van der Waals surface area contributed by atoms with Gasteiger partial charge in [-0.2, -0.15) is 0 Å². The van der Waals surface area contributed by atoms with Crippen LogP contribution in [0.25, 0.3) is 10.1 Å². The van der Waals surface area contributed by atoms with E-state index in [-0.39, 0.29) is 0 Å². The zero-order valence-corrected chi connectivity index (χ0v) is 11.9. The van der Waals surface area contributed by atoms with Gasteiger partial charge in [-0.1, -0.05) is 31.5 Å². The SMILES string of the molecule is CCCCN(CCN)Cc1csc2ccccc12. The number of hydrogen-bond acceptors (Lipinski definition) is 3. The number of thiophene rings is 1. The van der Waals surface area contributed by atoms with Crippen LogP contribution in [0.2, 0.25) is 0 Å². The Labute approximate surface area is 113 Å². The summed E-state index contributed by atoms with van der Waals surface area (Å²) < 4.78 is 1.38. The van der Waals surface area contributed by atoms with Crippen LogP contribution in [-0.4, -0.2) is 24.5 Å². The van der Waals surface area contributed by atoms with Crippen LogP contribution in [0.4, 0.5) is 0 Å². The van der Waals surface area contributed by atoms with Crippen LogP contribution in [0.15, 0.2) is 29.6 Å². The van der Waals surface area contributed by atoms with Gasteiger partial charge >= 0.3 is 0 Å².